The summed E-state index contributed by atoms with van der Waals surface area (Å²) in [6, 6.07) is 10.4. The molecule has 0 bridgehead atoms. The van der Waals surface area contributed by atoms with Crippen molar-refractivity contribution in [2.45, 2.75) is 52.2 Å². The number of nitrogens with one attached hydrogen (secondary N) is 2. The van der Waals surface area contributed by atoms with Crippen molar-refractivity contribution in [1.29, 1.82) is 0 Å². The second-order valence-corrected chi connectivity index (χ2v) is 7.30. The van der Waals surface area contributed by atoms with E-state index in [4.69, 9.17) is 4.74 Å². The number of carbonyl (C=O) groups is 2. The first kappa shape index (κ1) is 19.8. The zero-order chi connectivity index (χ0) is 19.0. The summed E-state index contributed by atoms with van der Waals surface area (Å²) in [6.45, 7) is 7.39. The van der Waals surface area contributed by atoms with Crippen LogP contribution in [0.15, 0.2) is 36.5 Å². The van der Waals surface area contributed by atoms with Gasteiger partial charge in [-0.2, -0.15) is 0 Å². The van der Waals surface area contributed by atoms with Crippen molar-refractivity contribution in [1.82, 2.24) is 15.2 Å². The van der Waals surface area contributed by atoms with E-state index in [0.29, 0.717) is 25.9 Å². The van der Waals surface area contributed by atoms with Gasteiger partial charge in [-0.1, -0.05) is 18.2 Å². The van der Waals surface area contributed by atoms with Gasteiger partial charge in [0, 0.05) is 37.8 Å². The maximum Gasteiger partial charge on any atom is 0.407 e. The summed E-state index contributed by atoms with van der Waals surface area (Å²) >= 11 is 0. The van der Waals surface area contributed by atoms with Gasteiger partial charge >= 0.3 is 6.09 Å². The molecule has 2 N–H and O–H groups in total. The molecule has 0 aliphatic heterocycles. The molecule has 1 heterocycles. The van der Waals surface area contributed by atoms with Crippen molar-refractivity contribution in [3.05, 3.63) is 36.5 Å². The van der Waals surface area contributed by atoms with Crippen molar-refractivity contribution in [2.24, 2.45) is 0 Å². The first-order chi connectivity index (χ1) is 12.3. The van der Waals surface area contributed by atoms with Gasteiger partial charge in [-0.05, 0) is 51.1 Å². The van der Waals surface area contributed by atoms with Crippen LogP contribution in [0.25, 0.3) is 10.9 Å². The largest absolute Gasteiger partial charge is 0.444 e. The zero-order valence-electron chi connectivity index (χ0n) is 15.9. The second-order valence-electron chi connectivity index (χ2n) is 7.30. The second kappa shape index (κ2) is 9.27. The van der Waals surface area contributed by atoms with Crippen LogP contribution in [0, 0.1) is 0 Å². The molecule has 0 atom stereocenters. The van der Waals surface area contributed by atoms with E-state index in [1.165, 1.54) is 10.9 Å². The van der Waals surface area contributed by atoms with Gasteiger partial charge < -0.3 is 19.9 Å². The highest BCUT2D eigenvalue weighted by Crippen LogP contribution is 2.15. The molecule has 2 amide bonds. The van der Waals surface area contributed by atoms with Gasteiger partial charge in [0.25, 0.3) is 0 Å². The number of nitrogens with zero attached hydrogens (tertiary/aromatic N) is 1. The van der Waals surface area contributed by atoms with E-state index in [0.717, 1.165) is 13.0 Å². The van der Waals surface area contributed by atoms with E-state index >= 15 is 0 Å². The first-order valence-corrected chi connectivity index (χ1v) is 9.12. The highest BCUT2D eigenvalue weighted by molar-refractivity contribution is 5.79. The molecule has 0 spiro atoms. The van der Waals surface area contributed by atoms with Gasteiger partial charge in [-0.15, -0.1) is 0 Å². The predicted octanol–water partition coefficient (Wildman–Crippen LogP) is 3.45. The Morgan fingerprint density at radius 1 is 1.04 bits per heavy atom. The first-order valence-electron chi connectivity index (χ1n) is 9.12. The summed E-state index contributed by atoms with van der Waals surface area (Å²) < 4.78 is 7.34. The molecule has 0 aliphatic rings. The number of aromatic nitrogens is 1. The summed E-state index contributed by atoms with van der Waals surface area (Å²) in [4.78, 5) is 23.3. The fourth-order valence-corrected chi connectivity index (χ4v) is 2.65. The number of aryl methyl sites for hydroxylation is 1. The molecule has 0 fully saturated rings. The van der Waals surface area contributed by atoms with Crippen LogP contribution in [0.1, 0.15) is 40.0 Å². The summed E-state index contributed by atoms with van der Waals surface area (Å²) in [7, 11) is 0. The Kier molecular flexibility index (Phi) is 7.06. The van der Waals surface area contributed by atoms with Gasteiger partial charge in [0.05, 0.1) is 0 Å². The smallest absolute Gasteiger partial charge is 0.407 e. The minimum atomic E-state index is -0.507. The number of rotatable bonds is 8. The Labute approximate surface area is 154 Å². The van der Waals surface area contributed by atoms with Crippen molar-refractivity contribution in [2.75, 3.05) is 13.1 Å². The lowest BCUT2D eigenvalue weighted by atomic mass is 10.2. The van der Waals surface area contributed by atoms with Crippen LogP contribution >= 0.6 is 0 Å². The predicted molar refractivity (Wildman–Crippen MR) is 103 cm³/mol. The van der Waals surface area contributed by atoms with E-state index in [1.54, 1.807) is 0 Å². The highest BCUT2D eigenvalue weighted by atomic mass is 16.6. The molecule has 6 heteroatoms. The summed E-state index contributed by atoms with van der Waals surface area (Å²) in [5, 5.41) is 6.81. The Morgan fingerprint density at radius 2 is 1.77 bits per heavy atom. The molecule has 2 rings (SSSR count). The molecule has 0 saturated carbocycles. The Balaban J connectivity index is 1.56. The van der Waals surface area contributed by atoms with E-state index in [2.05, 4.69) is 39.6 Å². The molecule has 26 heavy (non-hydrogen) atoms. The van der Waals surface area contributed by atoms with Gasteiger partial charge in [0.2, 0.25) is 5.91 Å². The number of ether oxygens (including phenoxy) is 1. The Bertz CT molecular complexity index is 731. The highest BCUT2D eigenvalue weighted by Gasteiger charge is 2.15. The number of hydrogen-bond acceptors (Lipinski definition) is 3. The summed E-state index contributed by atoms with van der Waals surface area (Å²) in [5.41, 5.74) is 0.707. The maximum atomic E-state index is 11.8. The molecule has 2 aromatic rings. The molecule has 1 aromatic carbocycles. The molecular formula is C20H29N3O3. The molecule has 0 aliphatic carbocycles. The van der Waals surface area contributed by atoms with Crippen molar-refractivity contribution >= 4 is 22.9 Å². The molecule has 1 aromatic heterocycles. The third kappa shape index (κ3) is 6.78. The van der Waals surface area contributed by atoms with E-state index in [-0.39, 0.29) is 5.91 Å². The lowest BCUT2D eigenvalue weighted by molar-refractivity contribution is -0.121. The maximum absolute atomic E-state index is 11.8. The van der Waals surface area contributed by atoms with E-state index < -0.39 is 11.7 Å². The third-order valence-electron chi connectivity index (χ3n) is 3.83. The van der Waals surface area contributed by atoms with Gasteiger partial charge in [0.1, 0.15) is 5.60 Å². The molecular weight excluding hydrogens is 330 g/mol. The van der Waals surface area contributed by atoms with Crippen LogP contribution in [-0.4, -0.2) is 35.3 Å². The summed E-state index contributed by atoms with van der Waals surface area (Å²) in [6.07, 6.45) is 3.49. The quantitative estimate of drug-likeness (QED) is 0.709. The standard InChI is InChI=1S/C20H29N3O3/c1-20(2,3)26-19(25)22-12-6-10-18(24)21-13-7-14-23-15-11-16-8-4-5-9-17(16)23/h4-5,8-9,11,15H,6-7,10,12-14H2,1-3H3,(H,21,24)(H,22,25). The Hall–Kier alpha value is -2.50. The fraction of sp³-hybridized carbons (Fsp3) is 0.500. The van der Waals surface area contributed by atoms with Crippen molar-refractivity contribution in [3.63, 3.8) is 0 Å². The zero-order valence-corrected chi connectivity index (χ0v) is 15.9. The molecule has 0 saturated heterocycles. The van der Waals surface area contributed by atoms with Crippen LogP contribution < -0.4 is 10.6 Å². The van der Waals surface area contributed by atoms with Crippen LogP contribution in [0.4, 0.5) is 4.79 Å². The lowest BCUT2D eigenvalue weighted by Gasteiger charge is -2.19. The van der Waals surface area contributed by atoms with Gasteiger partial charge in [-0.3, -0.25) is 4.79 Å². The topological polar surface area (TPSA) is 72.4 Å². The lowest BCUT2D eigenvalue weighted by Crippen LogP contribution is -2.33. The molecule has 0 radical (unpaired) electrons. The number of benzene rings is 1. The molecule has 6 nitrogen and oxygen atoms in total. The SMILES string of the molecule is CC(C)(C)OC(=O)NCCCC(=O)NCCCn1ccc2ccccc21. The van der Waals surface area contributed by atoms with Gasteiger partial charge in [-0.25, -0.2) is 4.79 Å². The fourth-order valence-electron chi connectivity index (χ4n) is 2.65. The van der Waals surface area contributed by atoms with Gasteiger partial charge in [0.15, 0.2) is 0 Å². The van der Waals surface area contributed by atoms with Crippen LogP contribution in [0.3, 0.4) is 0 Å². The van der Waals surface area contributed by atoms with E-state index in [9.17, 15) is 9.59 Å². The number of amides is 2. The minimum Gasteiger partial charge on any atom is -0.444 e. The molecule has 142 valence electrons. The third-order valence-corrected chi connectivity index (χ3v) is 3.83. The number of carbonyl (C=O) groups excluding carboxylic acids is 2. The monoisotopic (exact) mass is 359 g/mol. The summed E-state index contributed by atoms with van der Waals surface area (Å²) in [5.74, 6) is 0.00773. The Morgan fingerprint density at radius 3 is 2.54 bits per heavy atom. The van der Waals surface area contributed by atoms with Crippen LogP contribution in [0.2, 0.25) is 0 Å². The van der Waals surface area contributed by atoms with E-state index in [1.807, 2.05) is 32.9 Å². The number of hydrogen-bond donors (Lipinski definition) is 2. The van der Waals surface area contributed by atoms with Crippen molar-refractivity contribution in [3.8, 4) is 0 Å². The molecule has 0 unspecified atom stereocenters. The number of fused-ring (bicyclic) bond motifs is 1. The minimum absolute atomic E-state index is 0.00773. The number of alkyl carbamates (subject to hydrolysis) is 1. The average Bonchev–Trinajstić information content (AvgIpc) is 2.97. The normalized spacial score (nSPS) is 11.3. The van der Waals surface area contributed by atoms with Crippen LogP contribution in [0.5, 0.6) is 0 Å². The number of para-hydroxylation sites is 1. The average molecular weight is 359 g/mol. The van der Waals surface area contributed by atoms with Crippen LogP contribution in [-0.2, 0) is 16.1 Å². The van der Waals surface area contributed by atoms with Crippen molar-refractivity contribution < 1.29 is 14.3 Å².